The first kappa shape index (κ1) is 15.6. The summed E-state index contributed by atoms with van der Waals surface area (Å²) in [6, 6.07) is 2.11. The van der Waals surface area contributed by atoms with Gasteiger partial charge >= 0.3 is 0 Å². The Hall–Kier alpha value is -0.510. The molecule has 0 aromatic carbocycles. The van der Waals surface area contributed by atoms with Gasteiger partial charge in [-0.1, -0.05) is 21.8 Å². The Kier molecular flexibility index (Phi) is 19.0. The minimum atomic E-state index is 0. The zero-order valence-electron chi connectivity index (χ0n) is 4.23. The molecule has 0 radical (unpaired) electrons. The van der Waals surface area contributed by atoms with E-state index in [1.807, 2.05) is 13.8 Å². The van der Waals surface area contributed by atoms with Crippen LogP contribution in [0.15, 0.2) is 0 Å². The normalized spacial score (nSPS) is 9.62. The van der Waals surface area contributed by atoms with Crippen LogP contribution in [-0.2, 0) is 0 Å². The van der Waals surface area contributed by atoms with E-state index in [-0.39, 0.29) is 20.8 Å². The van der Waals surface area contributed by atoms with Crippen molar-refractivity contribution in [2.24, 2.45) is 5.92 Å². The molecule has 1 unspecified atom stereocenters. The van der Waals surface area contributed by atoms with E-state index in [0.717, 1.165) is 6.42 Å². The molecular weight excluding hydrogens is 98.1 g/mol. The highest BCUT2D eigenvalue weighted by Crippen LogP contribution is 1.94. The second-order valence-corrected chi connectivity index (χ2v) is 1.44. The van der Waals surface area contributed by atoms with Gasteiger partial charge in [-0.3, -0.25) is 0 Å². The fourth-order valence-corrected chi connectivity index (χ4v) is 0.0913. The summed E-state index contributed by atoms with van der Waals surface area (Å²) in [5.41, 5.74) is 0. The van der Waals surface area contributed by atoms with Crippen molar-refractivity contribution in [3.63, 3.8) is 0 Å². The fraction of sp³-hybridized carbons (Fsp3) is 0.857. The van der Waals surface area contributed by atoms with Crippen LogP contribution in [0, 0.1) is 17.2 Å². The molecule has 1 atom stereocenters. The van der Waals surface area contributed by atoms with Gasteiger partial charge in [-0.05, 0) is 13.3 Å². The molecule has 50 valence electrons. The molecule has 0 aliphatic rings. The SMILES string of the molecule is C.C.CCC(C)C#N. The molecule has 0 saturated carbocycles. The molecule has 0 heterocycles. The molecule has 0 aliphatic heterocycles. The molecule has 1 heteroatoms. The molecule has 0 aliphatic carbocycles. The lowest BCUT2D eigenvalue weighted by Crippen LogP contribution is -1.81. The van der Waals surface area contributed by atoms with Crippen LogP contribution in [0.1, 0.15) is 35.1 Å². The largest absolute Gasteiger partial charge is 0.198 e. The lowest BCUT2D eigenvalue weighted by molar-refractivity contribution is 0.713. The maximum absolute atomic E-state index is 8.08. The van der Waals surface area contributed by atoms with Gasteiger partial charge in [0.15, 0.2) is 0 Å². The number of rotatable bonds is 1. The van der Waals surface area contributed by atoms with Crippen LogP contribution in [0.2, 0.25) is 0 Å². The predicted molar refractivity (Wildman–Crippen MR) is 38.5 cm³/mol. The van der Waals surface area contributed by atoms with E-state index in [9.17, 15) is 0 Å². The molecule has 0 bridgehead atoms. The zero-order valence-corrected chi connectivity index (χ0v) is 4.23. The van der Waals surface area contributed by atoms with E-state index in [4.69, 9.17) is 5.26 Å². The van der Waals surface area contributed by atoms with Crippen molar-refractivity contribution in [3.8, 4) is 6.07 Å². The van der Waals surface area contributed by atoms with Gasteiger partial charge in [-0.25, -0.2) is 0 Å². The van der Waals surface area contributed by atoms with Gasteiger partial charge in [0.05, 0.1) is 6.07 Å². The van der Waals surface area contributed by atoms with Gasteiger partial charge in [0.25, 0.3) is 0 Å². The minimum absolute atomic E-state index is 0. The Labute approximate surface area is 53.3 Å². The molecule has 8 heavy (non-hydrogen) atoms. The zero-order chi connectivity index (χ0) is 4.99. The summed E-state index contributed by atoms with van der Waals surface area (Å²) in [5.74, 6) is 0.241. The topological polar surface area (TPSA) is 23.8 Å². The lowest BCUT2D eigenvalue weighted by atomic mass is 10.2. The Balaban J connectivity index is -0.000000125. The number of hydrogen-bond acceptors (Lipinski definition) is 1. The van der Waals surface area contributed by atoms with Crippen LogP contribution in [0.4, 0.5) is 0 Å². The van der Waals surface area contributed by atoms with E-state index >= 15 is 0 Å². The smallest absolute Gasteiger partial charge is 0.0652 e. The van der Waals surface area contributed by atoms with Crippen LogP contribution in [0.25, 0.3) is 0 Å². The van der Waals surface area contributed by atoms with Gasteiger partial charge in [-0.15, -0.1) is 0 Å². The Morgan fingerprint density at radius 3 is 1.88 bits per heavy atom. The summed E-state index contributed by atoms with van der Waals surface area (Å²) in [6.45, 7) is 3.92. The molecule has 0 saturated heterocycles. The maximum atomic E-state index is 8.08. The van der Waals surface area contributed by atoms with Crippen LogP contribution < -0.4 is 0 Å². The highest BCUT2D eigenvalue weighted by molar-refractivity contribution is 4.76. The third kappa shape index (κ3) is 9.09. The third-order valence-electron chi connectivity index (χ3n) is 0.833. The van der Waals surface area contributed by atoms with Crippen molar-refractivity contribution in [3.05, 3.63) is 0 Å². The van der Waals surface area contributed by atoms with Crippen LogP contribution in [0.3, 0.4) is 0 Å². The Bertz CT molecular complexity index is 61.3. The van der Waals surface area contributed by atoms with Crippen molar-refractivity contribution in [1.29, 1.82) is 5.26 Å². The number of nitrogens with zero attached hydrogens (tertiary/aromatic N) is 1. The quantitative estimate of drug-likeness (QED) is 0.515. The first-order chi connectivity index (χ1) is 2.81. The molecule has 0 aromatic heterocycles. The molecule has 0 N–H and O–H groups in total. The minimum Gasteiger partial charge on any atom is -0.198 e. The highest BCUT2D eigenvalue weighted by Gasteiger charge is 1.88. The third-order valence-corrected chi connectivity index (χ3v) is 0.833. The van der Waals surface area contributed by atoms with E-state index in [2.05, 4.69) is 6.07 Å². The average molecular weight is 115 g/mol. The highest BCUT2D eigenvalue weighted by atomic mass is 14.2. The van der Waals surface area contributed by atoms with Crippen molar-refractivity contribution < 1.29 is 0 Å². The second kappa shape index (κ2) is 9.70. The van der Waals surface area contributed by atoms with Crippen molar-refractivity contribution >= 4 is 0 Å². The van der Waals surface area contributed by atoms with Crippen molar-refractivity contribution in [1.82, 2.24) is 0 Å². The lowest BCUT2D eigenvalue weighted by Gasteiger charge is -1.87. The first-order valence-electron chi connectivity index (χ1n) is 2.20. The first-order valence-corrected chi connectivity index (χ1v) is 2.20. The fourth-order valence-electron chi connectivity index (χ4n) is 0.0913. The maximum Gasteiger partial charge on any atom is 0.0652 e. The molecule has 0 amide bonds. The summed E-state index contributed by atoms with van der Waals surface area (Å²) in [6.07, 6.45) is 0.969. The number of hydrogen-bond donors (Lipinski definition) is 0. The second-order valence-electron chi connectivity index (χ2n) is 1.44. The summed E-state index contributed by atoms with van der Waals surface area (Å²) < 4.78 is 0. The van der Waals surface area contributed by atoms with E-state index in [0.29, 0.717) is 0 Å². The summed E-state index contributed by atoms with van der Waals surface area (Å²) in [7, 11) is 0. The van der Waals surface area contributed by atoms with E-state index in [1.165, 1.54) is 0 Å². The van der Waals surface area contributed by atoms with Gasteiger partial charge in [0.1, 0.15) is 0 Å². The summed E-state index contributed by atoms with van der Waals surface area (Å²) in [4.78, 5) is 0. The molecule has 0 aromatic rings. The van der Waals surface area contributed by atoms with Crippen molar-refractivity contribution in [2.75, 3.05) is 0 Å². The van der Waals surface area contributed by atoms with Gasteiger partial charge in [0, 0.05) is 5.92 Å². The monoisotopic (exact) mass is 115 g/mol. The van der Waals surface area contributed by atoms with Crippen molar-refractivity contribution in [2.45, 2.75) is 35.1 Å². The summed E-state index contributed by atoms with van der Waals surface area (Å²) in [5, 5.41) is 8.08. The molecule has 0 rings (SSSR count). The van der Waals surface area contributed by atoms with Gasteiger partial charge < -0.3 is 0 Å². The molecular formula is C7H17N. The predicted octanol–water partition coefficient (Wildman–Crippen LogP) is 2.83. The van der Waals surface area contributed by atoms with E-state index in [1.54, 1.807) is 0 Å². The Morgan fingerprint density at radius 2 is 1.88 bits per heavy atom. The van der Waals surface area contributed by atoms with Crippen LogP contribution in [0.5, 0.6) is 0 Å². The Morgan fingerprint density at radius 1 is 1.50 bits per heavy atom. The average Bonchev–Trinajstić information content (AvgIpc) is 1.65. The molecule has 0 fully saturated rings. The standard InChI is InChI=1S/C5H9N.2CH4/c1-3-5(2)4-6;;/h5H,3H2,1-2H3;2*1H4. The van der Waals surface area contributed by atoms with Crippen LogP contribution in [-0.4, -0.2) is 0 Å². The number of nitriles is 1. The van der Waals surface area contributed by atoms with Gasteiger partial charge in [-0.2, -0.15) is 5.26 Å². The summed E-state index contributed by atoms with van der Waals surface area (Å²) >= 11 is 0. The van der Waals surface area contributed by atoms with Crippen LogP contribution >= 0.6 is 0 Å². The molecule has 0 spiro atoms. The molecule has 1 nitrogen and oxygen atoms in total. The van der Waals surface area contributed by atoms with E-state index < -0.39 is 0 Å². The van der Waals surface area contributed by atoms with Gasteiger partial charge in [0.2, 0.25) is 0 Å².